The number of carbonyl (C=O) groups excluding carboxylic acids is 1. The molecule has 1 aromatic rings. The Labute approximate surface area is 181 Å². The van der Waals surface area contributed by atoms with E-state index in [9.17, 15) is 26.4 Å². The summed E-state index contributed by atoms with van der Waals surface area (Å²) >= 11 is 3.01. The quantitative estimate of drug-likeness (QED) is 0.556. The highest BCUT2D eigenvalue weighted by atomic mass is 79.9. The van der Waals surface area contributed by atoms with Crippen LogP contribution in [0, 0.1) is 5.92 Å². The van der Waals surface area contributed by atoms with E-state index in [1.165, 1.54) is 6.07 Å². The van der Waals surface area contributed by atoms with Gasteiger partial charge in [-0.1, -0.05) is 15.9 Å². The number of carbonyl (C=O) groups is 1. The van der Waals surface area contributed by atoms with Crippen LogP contribution in [0.3, 0.4) is 0 Å². The molecule has 1 fully saturated rings. The van der Waals surface area contributed by atoms with E-state index >= 15 is 0 Å². The Morgan fingerprint density at radius 2 is 1.83 bits per heavy atom. The summed E-state index contributed by atoms with van der Waals surface area (Å²) in [5, 5.41) is 0. The van der Waals surface area contributed by atoms with Gasteiger partial charge in [-0.25, -0.2) is 17.9 Å². The first kappa shape index (κ1) is 24.7. The van der Waals surface area contributed by atoms with Crippen molar-refractivity contribution in [2.75, 3.05) is 0 Å². The molecule has 0 radical (unpaired) electrons. The molecule has 3 N–H and O–H groups in total. The summed E-state index contributed by atoms with van der Waals surface area (Å²) in [6.07, 6.45) is -2.96. The van der Waals surface area contributed by atoms with E-state index in [1.54, 1.807) is 13.8 Å². The van der Waals surface area contributed by atoms with Crippen LogP contribution >= 0.6 is 15.9 Å². The monoisotopic (exact) mass is 516 g/mol. The second-order valence-corrected chi connectivity index (χ2v) is 10.5. The van der Waals surface area contributed by atoms with Gasteiger partial charge in [-0.3, -0.25) is 0 Å². The van der Waals surface area contributed by atoms with Crippen LogP contribution in [0.25, 0.3) is 0 Å². The van der Waals surface area contributed by atoms with Crippen molar-refractivity contribution in [1.29, 1.82) is 0 Å². The minimum atomic E-state index is -5.02. The Balaban J connectivity index is 2.04. The van der Waals surface area contributed by atoms with E-state index in [0.29, 0.717) is 32.1 Å². The van der Waals surface area contributed by atoms with Gasteiger partial charge >= 0.3 is 12.5 Å². The molecule has 0 spiro atoms. The van der Waals surface area contributed by atoms with Crippen LogP contribution in [0.15, 0.2) is 27.6 Å². The zero-order valence-electron chi connectivity index (χ0n) is 16.5. The molecule has 12 heteroatoms. The predicted molar refractivity (Wildman–Crippen MR) is 106 cm³/mol. The first-order chi connectivity index (χ1) is 13.7. The number of nitrogens with two attached hydrogens (primary N) is 1. The molecule has 1 saturated carbocycles. The molecule has 30 heavy (non-hydrogen) atoms. The Morgan fingerprint density at radius 1 is 1.23 bits per heavy atom. The van der Waals surface area contributed by atoms with Gasteiger partial charge in [0.1, 0.15) is 10.5 Å². The summed E-state index contributed by atoms with van der Waals surface area (Å²) in [5.74, 6) is -0.597. The van der Waals surface area contributed by atoms with Crippen molar-refractivity contribution in [2.24, 2.45) is 11.7 Å². The number of rotatable bonds is 7. The lowest BCUT2D eigenvalue weighted by Gasteiger charge is -2.34. The lowest BCUT2D eigenvalue weighted by molar-refractivity contribution is -0.275. The van der Waals surface area contributed by atoms with E-state index in [1.807, 2.05) is 0 Å². The highest BCUT2D eigenvalue weighted by Gasteiger charge is 2.36. The predicted octanol–water partition coefficient (Wildman–Crippen LogP) is 4.45. The molecular formula is C18H24BrF3N2O5S. The van der Waals surface area contributed by atoms with Gasteiger partial charge in [0.05, 0.1) is 0 Å². The highest BCUT2D eigenvalue weighted by molar-refractivity contribution is 9.10. The summed E-state index contributed by atoms with van der Waals surface area (Å²) in [4.78, 5) is 10.4. The molecule has 0 aliphatic heterocycles. The van der Waals surface area contributed by atoms with Gasteiger partial charge in [0.2, 0.25) is 10.0 Å². The second kappa shape index (κ2) is 9.31. The zero-order valence-corrected chi connectivity index (χ0v) is 18.9. The van der Waals surface area contributed by atoms with E-state index in [-0.39, 0.29) is 10.4 Å². The van der Waals surface area contributed by atoms with Crippen LogP contribution in [-0.4, -0.2) is 32.5 Å². The number of primary amides is 1. The minimum absolute atomic E-state index is 0.205. The number of sulfonamides is 1. The van der Waals surface area contributed by atoms with E-state index < -0.39 is 44.8 Å². The standard InChI is InChI=1S/C18H24BrF3N2O5S/c1-17(2,29-16(23)25)10-11-3-6-13(7-4-11)24-30(26,27)15-8-5-12(19)9-14(15)28-18(20,21)22/h5,8-9,11,13,24H,3-4,6-7,10H2,1-2H3,(H2,23,25). The van der Waals surface area contributed by atoms with E-state index in [4.69, 9.17) is 10.5 Å². The van der Waals surface area contributed by atoms with Gasteiger partial charge in [-0.2, -0.15) is 0 Å². The van der Waals surface area contributed by atoms with Gasteiger partial charge in [-0.05, 0) is 70.1 Å². The first-order valence-electron chi connectivity index (χ1n) is 9.23. The molecule has 1 aromatic carbocycles. The SMILES string of the molecule is CC(C)(CC1CCC(NS(=O)(=O)c2ccc(Br)cc2OC(F)(F)F)CC1)OC(N)=O. The largest absolute Gasteiger partial charge is 0.573 e. The average molecular weight is 517 g/mol. The van der Waals surface area contributed by atoms with Crippen molar-refractivity contribution in [3.63, 3.8) is 0 Å². The maximum atomic E-state index is 12.7. The number of hydrogen-bond acceptors (Lipinski definition) is 5. The highest BCUT2D eigenvalue weighted by Crippen LogP contribution is 2.35. The maximum Gasteiger partial charge on any atom is 0.573 e. The first-order valence-corrected chi connectivity index (χ1v) is 11.5. The molecule has 0 atom stereocenters. The van der Waals surface area contributed by atoms with Crippen molar-refractivity contribution >= 4 is 32.0 Å². The van der Waals surface area contributed by atoms with Crippen molar-refractivity contribution < 1.29 is 35.9 Å². The molecule has 1 aliphatic rings. The molecule has 2 rings (SSSR count). The van der Waals surface area contributed by atoms with Gasteiger partial charge in [0.25, 0.3) is 0 Å². The minimum Gasteiger partial charge on any atom is -0.444 e. The maximum absolute atomic E-state index is 12.7. The third-order valence-corrected chi connectivity index (χ3v) is 6.80. The molecule has 7 nitrogen and oxygen atoms in total. The number of benzene rings is 1. The number of nitrogens with one attached hydrogen (secondary N) is 1. The van der Waals surface area contributed by atoms with Crippen molar-refractivity contribution in [2.45, 2.75) is 68.9 Å². The number of ether oxygens (including phenoxy) is 2. The third kappa shape index (κ3) is 7.62. The van der Waals surface area contributed by atoms with Crippen LogP contribution in [0.4, 0.5) is 18.0 Å². The Bertz CT molecular complexity index is 869. The molecule has 0 heterocycles. The van der Waals surface area contributed by atoms with Gasteiger partial charge in [0, 0.05) is 10.5 Å². The lowest BCUT2D eigenvalue weighted by atomic mass is 9.80. The number of hydrogen-bond donors (Lipinski definition) is 2. The lowest BCUT2D eigenvalue weighted by Crippen LogP contribution is -2.39. The Morgan fingerprint density at radius 3 is 2.37 bits per heavy atom. The van der Waals surface area contributed by atoms with E-state index in [0.717, 1.165) is 12.1 Å². The molecule has 0 aromatic heterocycles. The molecule has 0 unspecified atom stereocenters. The number of halogens is 4. The fraction of sp³-hybridized carbons (Fsp3) is 0.611. The third-order valence-electron chi connectivity index (χ3n) is 4.75. The Kier molecular flexibility index (Phi) is 7.68. The van der Waals surface area contributed by atoms with Crippen LogP contribution in [0.2, 0.25) is 0 Å². The summed E-state index contributed by atoms with van der Waals surface area (Å²) in [5.41, 5.74) is 4.34. The number of amides is 1. The fourth-order valence-electron chi connectivity index (χ4n) is 3.68. The number of alkyl halides is 3. The van der Waals surface area contributed by atoms with Gasteiger partial charge in [0.15, 0.2) is 5.75 Å². The van der Waals surface area contributed by atoms with Crippen molar-refractivity contribution in [3.8, 4) is 5.75 Å². The van der Waals surface area contributed by atoms with Gasteiger partial charge in [-0.15, -0.1) is 13.2 Å². The van der Waals surface area contributed by atoms with Crippen LogP contribution < -0.4 is 15.2 Å². The van der Waals surface area contributed by atoms with Crippen molar-refractivity contribution in [3.05, 3.63) is 22.7 Å². The molecule has 0 bridgehead atoms. The summed E-state index contributed by atoms with van der Waals surface area (Å²) < 4.78 is 75.1. The molecule has 0 saturated heterocycles. The van der Waals surface area contributed by atoms with Crippen molar-refractivity contribution in [1.82, 2.24) is 4.72 Å². The van der Waals surface area contributed by atoms with Crippen LogP contribution in [0.1, 0.15) is 46.0 Å². The van der Waals surface area contributed by atoms with Crippen LogP contribution in [0.5, 0.6) is 5.75 Å². The molecule has 170 valence electrons. The topological polar surface area (TPSA) is 108 Å². The molecular weight excluding hydrogens is 493 g/mol. The summed E-state index contributed by atoms with van der Waals surface area (Å²) in [7, 11) is -4.23. The summed E-state index contributed by atoms with van der Waals surface area (Å²) in [6.45, 7) is 3.50. The smallest absolute Gasteiger partial charge is 0.444 e. The molecule has 1 amide bonds. The zero-order chi connectivity index (χ0) is 22.7. The summed E-state index contributed by atoms with van der Waals surface area (Å²) in [6, 6.07) is 2.92. The average Bonchev–Trinajstić information content (AvgIpc) is 2.53. The fourth-order valence-corrected chi connectivity index (χ4v) is 5.44. The normalized spacial score (nSPS) is 20.6. The van der Waals surface area contributed by atoms with E-state index in [2.05, 4.69) is 25.4 Å². The Hall–Kier alpha value is -1.53. The van der Waals surface area contributed by atoms with Crippen LogP contribution in [-0.2, 0) is 14.8 Å². The molecule has 1 aliphatic carbocycles. The second-order valence-electron chi connectivity index (χ2n) is 7.86. The van der Waals surface area contributed by atoms with Gasteiger partial charge < -0.3 is 15.2 Å².